The van der Waals surface area contributed by atoms with Gasteiger partial charge in [0, 0.05) is 12.6 Å². The summed E-state index contributed by atoms with van der Waals surface area (Å²) in [4.78, 5) is 0. The molecule has 0 aromatic carbocycles. The molecule has 1 aliphatic rings. The fourth-order valence-electron chi connectivity index (χ4n) is 1.86. The second kappa shape index (κ2) is 5.03. The van der Waals surface area contributed by atoms with Crippen molar-refractivity contribution in [2.45, 2.75) is 44.4 Å². The first-order valence-electron chi connectivity index (χ1n) is 6.16. The summed E-state index contributed by atoms with van der Waals surface area (Å²) in [5, 5.41) is 8.85. The van der Waals surface area contributed by atoms with Crippen LogP contribution in [0.3, 0.4) is 0 Å². The van der Waals surface area contributed by atoms with Gasteiger partial charge in [0.25, 0.3) is 10.0 Å². The molecule has 0 saturated heterocycles. The standard InChI is InChI=1S/C12H19NO4S/c1-9(2)7-13(10-3-4-10)18(15,16)12-6-5-11(8-14)17-12/h5-6,9-10,14H,3-4,7-8H2,1-2H3. The zero-order valence-electron chi connectivity index (χ0n) is 10.7. The molecule has 0 bridgehead atoms. The molecule has 0 atom stereocenters. The molecule has 6 heteroatoms. The lowest BCUT2D eigenvalue weighted by Gasteiger charge is -2.22. The Morgan fingerprint density at radius 3 is 2.56 bits per heavy atom. The highest BCUT2D eigenvalue weighted by molar-refractivity contribution is 7.89. The third-order valence-corrected chi connectivity index (χ3v) is 4.65. The number of sulfonamides is 1. The highest BCUT2D eigenvalue weighted by Crippen LogP contribution is 2.33. The lowest BCUT2D eigenvalue weighted by Crippen LogP contribution is -2.35. The Morgan fingerprint density at radius 1 is 1.44 bits per heavy atom. The van der Waals surface area contributed by atoms with Crippen molar-refractivity contribution in [3.63, 3.8) is 0 Å². The van der Waals surface area contributed by atoms with E-state index in [-0.39, 0.29) is 29.4 Å². The minimum atomic E-state index is -3.57. The largest absolute Gasteiger partial charge is 0.446 e. The molecule has 5 nitrogen and oxygen atoms in total. The second-order valence-corrected chi connectivity index (χ2v) is 6.90. The van der Waals surface area contributed by atoms with Gasteiger partial charge in [-0.3, -0.25) is 0 Å². The lowest BCUT2D eigenvalue weighted by molar-refractivity contribution is 0.234. The molecule has 0 aliphatic heterocycles. The van der Waals surface area contributed by atoms with Crippen molar-refractivity contribution in [1.82, 2.24) is 4.31 Å². The highest BCUT2D eigenvalue weighted by atomic mass is 32.2. The maximum Gasteiger partial charge on any atom is 0.276 e. The molecule has 1 heterocycles. The Balaban J connectivity index is 2.26. The number of nitrogens with zero attached hydrogens (tertiary/aromatic N) is 1. The summed E-state index contributed by atoms with van der Waals surface area (Å²) in [5.41, 5.74) is 0. The number of furan rings is 1. The van der Waals surface area contributed by atoms with Crippen LogP contribution >= 0.6 is 0 Å². The van der Waals surface area contributed by atoms with Crippen molar-refractivity contribution in [3.05, 3.63) is 17.9 Å². The molecule has 1 fully saturated rings. The monoisotopic (exact) mass is 273 g/mol. The average Bonchev–Trinajstić information content (AvgIpc) is 3.01. The van der Waals surface area contributed by atoms with Gasteiger partial charge in [0.1, 0.15) is 12.4 Å². The van der Waals surface area contributed by atoms with E-state index in [1.165, 1.54) is 16.4 Å². The third-order valence-electron chi connectivity index (χ3n) is 2.86. The topological polar surface area (TPSA) is 70.8 Å². The maximum absolute atomic E-state index is 12.4. The van der Waals surface area contributed by atoms with E-state index in [0.717, 1.165) is 12.8 Å². The van der Waals surface area contributed by atoms with Crippen LogP contribution in [0.2, 0.25) is 0 Å². The number of hydrogen-bond donors (Lipinski definition) is 1. The fourth-order valence-corrected chi connectivity index (χ4v) is 3.64. The van der Waals surface area contributed by atoms with E-state index in [9.17, 15) is 8.42 Å². The van der Waals surface area contributed by atoms with Crippen molar-refractivity contribution in [2.24, 2.45) is 5.92 Å². The normalized spacial score (nSPS) is 16.7. The van der Waals surface area contributed by atoms with Gasteiger partial charge in [-0.2, -0.15) is 4.31 Å². The molecule has 1 aliphatic carbocycles. The number of aliphatic hydroxyl groups excluding tert-OH is 1. The van der Waals surface area contributed by atoms with Crippen LogP contribution in [0, 0.1) is 5.92 Å². The van der Waals surface area contributed by atoms with Crippen LogP contribution in [0.15, 0.2) is 21.6 Å². The summed E-state index contributed by atoms with van der Waals surface area (Å²) in [6, 6.07) is 3.02. The second-order valence-electron chi connectivity index (χ2n) is 5.08. The summed E-state index contributed by atoms with van der Waals surface area (Å²) in [6.45, 7) is 4.20. The number of hydrogen-bond acceptors (Lipinski definition) is 4. The highest BCUT2D eigenvalue weighted by Gasteiger charge is 2.39. The molecule has 1 aromatic heterocycles. The molecule has 102 valence electrons. The van der Waals surface area contributed by atoms with Gasteiger partial charge in [-0.25, -0.2) is 8.42 Å². The molecule has 0 radical (unpaired) electrons. The van der Waals surface area contributed by atoms with Crippen LogP contribution < -0.4 is 0 Å². The van der Waals surface area contributed by atoms with E-state index in [4.69, 9.17) is 9.52 Å². The Labute approximate surface area is 107 Å². The molecule has 1 saturated carbocycles. The Morgan fingerprint density at radius 2 is 2.11 bits per heavy atom. The minimum Gasteiger partial charge on any atom is -0.446 e. The van der Waals surface area contributed by atoms with Crippen molar-refractivity contribution in [2.75, 3.05) is 6.54 Å². The zero-order chi connectivity index (χ0) is 13.3. The predicted octanol–water partition coefficient (Wildman–Crippen LogP) is 1.58. The quantitative estimate of drug-likeness (QED) is 0.854. The summed E-state index contributed by atoms with van der Waals surface area (Å²) in [7, 11) is -3.57. The Hall–Kier alpha value is -0.850. The van der Waals surface area contributed by atoms with Gasteiger partial charge < -0.3 is 9.52 Å². The smallest absolute Gasteiger partial charge is 0.276 e. The first-order chi connectivity index (χ1) is 8.45. The zero-order valence-corrected chi connectivity index (χ0v) is 11.5. The van der Waals surface area contributed by atoms with E-state index >= 15 is 0 Å². The molecule has 0 spiro atoms. The average molecular weight is 273 g/mol. The SMILES string of the molecule is CC(C)CN(C1CC1)S(=O)(=O)c1ccc(CO)o1. The first-order valence-corrected chi connectivity index (χ1v) is 7.60. The van der Waals surface area contributed by atoms with Crippen molar-refractivity contribution < 1.29 is 17.9 Å². The van der Waals surface area contributed by atoms with Gasteiger partial charge in [-0.1, -0.05) is 13.8 Å². The van der Waals surface area contributed by atoms with Gasteiger partial charge in [0.2, 0.25) is 5.09 Å². The van der Waals surface area contributed by atoms with Crippen LogP contribution in [0.5, 0.6) is 0 Å². The molecule has 0 amide bonds. The molecule has 2 rings (SSSR count). The van der Waals surface area contributed by atoms with E-state index in [1.54, 1.807) is 0 Å². The van der Waals surface area contributed by atoms with Crippen molar-refractivity contribution in [3.8, 4) is 0 Å². The van der Waals surface area contributed by atoms with E-state index in [2.05, 4.69) is 0 Å². The summed E-state index contributed by atoms with van der Waals surface area (Å²) in [6.07, 6.45) is 1.83. The first kappa shape index (κ1) is 13.6. The summed E-state index contributed by atoms with van der Waals surface area (Å²) in [5.74, 6) is 0.543. The number of aliphatic hydroxyl groups is 1. The summed E-state index contributed by atoms with van der Waals surface area (Å²) < 4.78 is 31.5. The van der Waals surface area contributed by atoms with Crippen molar-refractivity contribution in [1.29, 1.82) is 0 Å². The number of rotatable bonds is 6. The fraction of sp³-hybridized carbons (Fsp3) is 0.667. The summed E-state index contributed by atoms with van der Waals surface area (Å²) >= 11 is 0. The van der Waals surface area contributed by atoms with Gasteiger partial charge in [0.15, 0.2) is 0 Å². The van der Waals surface area contributed by atoms with Crippen LogP contribution in [-0.4, -0.2) is 30.4 Å². The van der Waals surface area contributed by atoms with Gasteiger partial charge in [0.05, 0.1) is 0 Å². The van der Waals surface area contributed by atoms with Crippen LogP contribution in [-0.2, 0) is 16.6 Å². The van der Waals surface area contributed by atoms with Crippen molar-refractivity contribution >= 4 is 10.0 Å². The van der Waals surface area contributed by atoms with Gasteiger partial charge in [-0.05, 0) is 30.9 Å². The molecule has 1 N–H and O–H groups in total. The Bertz CT molecular complexity index is 502. The molecule has 0 unspecified atom stereocenters. The minimum absolute atomic E-state index is 0.0703. The third kappa shape index (κ3) is 2.76. The molecule has 18 heavy (non-hydrogen) atoms. The van der Waals surface area contributed by atoms with Crippen LogP contribution in [0.4, 0.5) is 0 Å². The van der Waals surface area contributed by atoms with Crippen LogP contribution in [0.1, 0.15) is 32.4 Å². The van der Waals surface area contributed by atoms with E-state index in [0.29, 0.717) is 6.54 Å². The lowest BCUT2D eigenvalue weighted by atomic mass is 10.2. The van der Waals surface area contributed by atoms with Gasteiger partial charge in [-0.15, -0.1) is 0 Å². The maximum atomic E-state index is 12.4. The van der Waals surface area contributed by atoms with E-state index in [1.807, 2.05) is 13.8 Å². The Kier molecular flexibility index (Phi) is 3.79. The molecular weight excluding hydrogens is 254 g/mol. The van der Waals surface area contributed by atoms with Gasteiger partial charge >= 0.3 is 0 Å². The van der Waals surface area contributed by atoms with E-state index < -0.39 is 10.0 Å². The molecule has 1 aromatic rings. The predicted molar refractivity (Wildman–Crippen MR) is 66.4 cm³/mol. The van der Waals surface area contributed by atoms with Crippen LogP contribution in [0.25, 0.3) is 0 Å². The molecular formula is C12H19NO4S.